The standard InChI is InChI=1S/C34H37N3O5/c38-29-12-6-10-23(29)18-28(31(40)33(42)35-20-21-7-2-1-3-8-21)37-32(41)25-19-34(15-16-34)14-13-24(25)30(39)27-17-22-9-4-5-11-26(22)36-27/h1-5,7-9,11,17,23-25,28,36H,6,10,12-16,18-20H2,(H,35,42)(H,37,41). The number of fused-ring (bicyclic) bond motifs is 1. The van der Waals surface area contributed by atoms with E-state index in [1.165, 1.54) is 0 Å². The molecule has 3 saturated carbocycles. The third-order valence-corrected chi connectivity index (χ3v) is 9.65. The monoisotopic (exact) mass is 567 g/mol. The van der Waals surface area contributed by atoms with Crippen LogP contribution >= 0.6 is 0 Å². The molecule has 218 valence electrons. The van der Waals surface area contributed by atoms with Crippen molar-refractivity contribution in [1.29, 1.82) is 0 Å². The smallest absolute Gasteiger partial charge is 0.289 e. The molecule has 1 spiro atoms. The van der Waals surface area contributed by atoms with Gasteiger partial charge in [-0.1, -0.05) is 48.5 Å². The highest BCUT2D eigenvalue weighted by atomic mass is 16.2. The van der Waals surface area contributed by atoms with Crippen LogP contribution in [0, 0.1) is 23.2 Å². The van der Waals surface area contributed by atoms with E-state index in [4.69, 9.17) is 0 Å². The van der Waals surface area contributed by atoms with Crippen LogP contribution in [0.4, 0.5) is 0 Å². The first-order valence-electron chi connectivity index (χ1n) is 15.1. The molecule has 0 saturated heterocycles. The van der Waals surface area contributed by atoms with Crippen LogP contribution in [0.3, 0.4) is 0 Å². The maximum Gasteiger partial charge on any atom is 0.289 e. The van der Waals surface area contributed by atoms with Crippen molar-refractivity contribution < 1.29 is 24.0 Å². The number of Topliss-reactive ketones (excluding diaryl/α,β-unsaturated/α-hetero) is 3. The Morgan fingerprint density at radius 2 is 1.69 bits per heavy atom. The zero-order valence-electron chi connectivity index (χ0n) is 23.7. The highest BCUT2D eigenvalue weighted by molar-refractivity contribution is 6.38. The van der Waals surface area contributed by atoms with E-state index in [-0.39, 0.29) is 41.8 Å². The van der Waals surface area contributed by atoms with Gasteiger partial charge in [-0.2, -0.15) is 0 Å². The normalized spacial score (nSPS) is 23.4. The molecule has 8 heteroatoms. The number of ketones is 3. The van der Waals surface area contributed by atoms with E-state index < -0.39 is 29.6 Å². The van der Waals surface area contributed by atoms with Crippen molar-refractivity contribution in [2.45, 2.75) is 70.4 Å². The Kier molecular flexibility index (Phi) is 7.80. The van der Waals surface area contributed by atoms with E-state index in [2.05, 4.69) is 15.6 Å². The highest BCUT2D eigenvalue weighted by Crippen LogP contribution is 2.59. The van der Waals surface area contributed by atoms with Crippen molar-refractivity contribution in [3.63, 3.8) is 0 Å². The highest BCUT2D eigenvalue weighted by Gasteiger charge is 2.52. The van der Waals surface area contributed by atoms with E-state index in [1.54, 1.807) is 0 Å². The lowest BCUT2D eigenvalue weighted by atomic mass is 9.69. The summed E-state index contributed by atoms with van der Waals surface area (Å²) in [6, 6.07) is 17.7. The Morgan fingerprint density at radius 3 is 2.40 bits per heavy atom. The van der Waals surface area contributed by atoms with Gasteiger partial charge in [-0.05, 0) is 74.5 Å². The number of hydrogen-bond donors (Lipinski definition) is 3. The molecule has 3 aliphatic carbocycles. The SMILES string of the molecule is O=C(NCc1ccccc1)C(=O)C(CC1CCCC1=O)NC(=O)C1CC2(CCC1C(=O)c1cc3ccccc3[nH]1)CC2. The Morgan fingerprint density at radius 1 is 0.929 bits per heavy atom. The first-order valence-corrected chi connectivity index (χ1v) is 15.1. The molecule has 6 rings (SSSR count). The van der Waals surface area contributed by atoms with Crippen LogP contribution in [-0.4, -0.2) is 40.2 Å². The summed E-state index contributed by atoms with van der Waals surface area (Å²) in [6.07, 6.45) is 6.07. The molecule has 3 fully saturated rings. The molecule has 0 aliphatic heterocycles. The predicted octanol–water partition coefficient (Wildman–Crippen LogP) is 4.68. The largest absolute Gasteiger partial charge is 0.352 e. The minimum atomic E-state index is -1.12. The summed E-state index contributed by atoms with van der Waals surface area (Å²) in [5.74, 6) is -3.47. The predicted molar refractivity (Wildman–Crippen MR) is 157 cm³/mol. The number of para-hydroxylation sites is 1. The van der Waals surface area contributed by atoms with Crippen LogP contribution in [0.25, 0.3) is 10.9 Å². The fourth-order valence-electron chi connectivity index (χ4n) is 6.96. The Hall–Kier alpha value is -4.07. The van der Waals surface area contributed by atoms with Crippen molar-refractivity contribution in [2.75, 3.05) is 0 Å². The summed E-state index contributed by atoms with van der Waals surface area (Å²) in [7, 11) is 0. The zero-order valence-corrected chi connectivity index (χ0v) is 23.7. The Bertz CT molecular complexity index is 1490. The van der Waals surface area contributed by atoms with Gasteiger partial charge in [0.25, 0.3) is 5.91 Å². The molecule has 0 bridgehead atoms. The number of aromatic amines is 1. The maximum absolute atomic E-state index is 14.0. The van der Waals surface area contributed by atoms with Gasteiger partial charge in [0.2, 0.25) is 11.7 Å². The zero-order chi connectivity index (χ0) is 29.3. The number of H-pyrrole nitrogens is 1. The molecular weight excluding hydrogens is 530 g/mol. The van der Waals surface area contributed by atoms with Crippen molar-refractivity contribution in [3.8, 4) is 0 Å². The average molecular weight is 568 g/mol. The molecule has 3 aromatic rings. The lowest BCUT2D eigenvalue weighted by Crippen LogP contribution is -2.52. The fraction of sp³-hybridized carbons (Fsp3) is 0.441. The van der Waals surface area contributed by atoms with Crippen LogP contribution in [-0.2, 0) is 25.7 Å². The van der Waals surface area contributed by atoms with Gasteiger partial charge in [-0.25, -0.2) is 0 Å². The number of carbonyl (C=O) groups is 5. The second kappa shape index (κ2) is 11.7. The first kappa shape index (κ1) is 28.1. The molecule has 3 N–H and O–H groups in total. The van der Waals surface area contributed by atoms with E-state index in [1.807, 2.05) is 60.7 Å². The lowest BCUT2D eigenvalue weighted by Gasteiger charge is -2.35. The molecule has 1 heterocycles. The molecular formula is C34H37N3O5. The van der Waals surface area contributed by atoms with Crippen LogP contribution in [0.1, 0.15) is 73.8 Å². The number of carbonyl (C=O) groups excluding carboxylic acids is 5. The number of hydrogen-bond acceptors (Lipinski definition) is 5. The summed E-state index contributed by atoms with van der Waals surface area (Å²) in [5, 5.41) is 6.48. The molecule has 2 aromatic carbocycles. The van der Waals surface area contributed by atoms with E-state index in [0.717, 1.165) is 42.1 Å². The number of aromatic nitrogens is 1. The molecule has 1 aromatic heterocycles. The lowest BCUT2D eigenvalue weighted by molar-refractivity contribution is -0.141. The van der Waals surface area contributed by atoms with Crippen LogP contribution < -0.4 is 10.6 Å². The van der Waals surface area contributed by atoms with Gasteiger partial charge in [-0.3, -0.25) is 24.0 Å². The van der Waals surface area contributed by atoms with Gasteiger partial charge in [-0.15, -0.1) is 0 Å². The quantitative estimate of drug-likeness (QED) is 0.242. The Labute approximate surface area is 245 Å². The minimum Gasteiger partial charge on any atom is -0.352 e. The van der Waals surface area contributed by atoms with Crippen molar-refractivity contribution in [2.24, 2.45) is 23.2 Å². The summed E-state index contributed by atoms with van der Waals surface area (Å²) in [5.41, 5.74) is 2.27. The second-order valence-electron chi connectivity index (χ2n) is 12.5. The minimum absolute atomic E-state index is 0.0632. The topological polar surface area (TPSA) is 125 Å². The summed E-state index contributed by atoms with van der Waals surface area (Å²) in [4.78, 5) is 69.9. The van der Waals surface area contributed by atoms with Gasteiger partial charge in [0.15, 0.2) is 5.78 Å². The second-order valence-corrected chi connectivity index (χ2v) is 12.5. The third-order valence-electron chi connectivity index (χ3n) is 9.65. The number of amides is 2. The van der Waals surface area contributed by atoms with Crippen LogP contribution in [0.5, 0.6) is 0 Å². The summed E-state index contributed by atoms with van der Waals surface area (Å²) >= 11 is 0. The van der Waals surface area contributed by atoms with E-state index >= 15 is 0 Å². The third kappa shape index (κ3) is 5.94. The van der Waals surface area contributed by atoms with Crippen molar-refractivity contribution in [3.05, 3.63) is 71.9 Å². The van der Waals surface area contributed by atoms with Crippen LogP contribution in [0.2, 0.25) is 0 Å². The van der Waals surface area contributed by atoms with Gasteiger partial charge in [0, 0.05) is 41.6 Å². The Balaban J connectivity index is 1.21. The number of rotatable bonds is 10. The summed E-state index contributed by atoms with van der Waals surface area (Å²) < 4.78 is 0. The van der Waals surface area contributed by atoms with Crippen molar-refractivity contribution >= 4 is 40.1 Å². The molecule has 42 heavy (non-hydrogen) atoms. The molecule has 3 aliphatic rings. The fourth-order valence-corrected chi connectivity index (χ4v) is 6.96. The van der Waals surface area contributed by atoms with Crippen LogP contribution in [0.15, 0.2) is 60.7 Å². The average Bonchev–Trinajstić information content (AvgIpc) is 3.41. The number of benzene rings is 2. The van der Waals surface area contributed by atoms with E-state index in [9.17, 15) is 24.0 Å². The maximum atomic E-state index is 14.0. The first-order chi connectivity index (χ1) is 20.3. The van der Waals surface area contributed by atoms with Gasteiger partial charge in [0.1, 0.15) is 5.78 Å². The molecule has 4 atom stereocenters. The molecule has 4 unspecified atom stereocenters. The number of nitrogens with one attached hydrogen (secondary N) is 3. The molecule has 0 radical (unpaired) electrons. The van der Waals surface area contributed by atoms with Gasteiger partial charge < -0.3 is 15.6 Å². The van der Waals surface area contributed by atoms with Crippen molar-refractivity contribution in [1.82, 2.24) is 15.6 Å². The van der Waals surface area contributed by atoms with Gasteiger partial charge >= 0.3 is 0 Å². The summed E-state index contributed by atoms with van der Waals surface area (Å²) in [6.45, 7) is 0.181. The molecule has 8 nitrogen and oxygen atoms in total. The van der Waals surface area contributed by atoms with Gasteiger partial charge in [0.05, 0.1) is 11.7 Å². The van der Waals surface area contributed by atoms with E-state index in [0.29, 0.717) is 31.4 Å². The molecule has 2 amide bonds.